The number of nitrogens with two attached hydrogens (primary N) is 1. The van der Waals surface area contributed by atoms with E-state index in [1.807, 2.05) is 31.2 Å². The molecule has 5 nitrogen and oxygen atoms in total. The highest BCUT2D eigenvalue weighted by atomic mass is 35.5. The number of aliphatic imine (C=N–C) groups is 1. The van der Waals surface area contributed by atoms with Gasteiger partial charge in [-0.25, -0.2) is 4.99 Å². The molecule has 1 aromatic rings. The monoisotopic (exact) mass is 333 g/mol. The number of aliphatic hydroxyl groups excluding tert-OH is 1. The van der Waals surface area contributed by atoms with Gasteiger partial charge in [-0.2, -0.15) is 0 Å². The summed E-state index contributed by atoms with van der Waals surface area (Å²) in [7, 11) is 0. The lowest BCUT2D eigenvalue weighted by Crippen LogP contribution is -2.25. The normalized spacial score (nSPS) is 16.8. The van der Waals surface area contributed by atoms with E-state index in [-0.39, 0.29) is 23.1 Å². The van der Waals surface area contributed by atoms with Gasteiger partial charge in [-0.05, 0) is 44.2 Å². The molecule has 1 aliphatic carbocycles. The van der Waals surface area contributed by atoms with E-state index in [2.05, 4.69) is 9.89 Å². The lowest BCUT2D eigenvalue weighted by atomic mass is 10.0. The Morgan fingerprint density at radius 1 is 1.30 bits per heavy atom. The van der Waals surface area contributed by atoms with E-state index in [0.29, 0.717) is 17.8 Å². The molecule has 0 atom stereocenters. The van der Waals surface area contributed by atoms with E-state index in [9.17, 15) is 4.79 Å². The van der Waals surface area contributed by atoms with Gasteiger partial charge in [-0.3, -0.25) is 4.79 Å². The van der Waals surface area contributed by atoms with Crippen LogP contribution in [0, 0.1) is 0 Å². The molecular weight excluding hydrogens is 314 g/mol. The van der Waals surface area contributed by atoms with Crippen molar-refractivity contribution in [2.45, 2.75) is 13.8 Å². The topological polar surface area (TPSA) is 78.9 Å². The van der Waals surface area contributed by atoms with Gasteiger partial charge in [0.1, 0.15) is 5.03 Å². The lowest BCUT2D eigenvalue weighted by Gasteiger charge is -2.22. The summed E-state index contributed by atoms with van der Waals surface area (Å²) >= 11 is 5.95. The Balaban J connectivity index is 2.28. The molecule has 0 aromatic heterocycles. The molecule has 0 amide bonds. The van der Waals surface area contributed by atoms with Crippen LogP contribution in [0.3, 0.4) is 0 Å². The molecule has 0 fully saturated rings. The Morgan fingerprint density at radius 3 is 2.52 bits per heavy atom. The summed E-state index contributed by atoms with van der Waals surface area (Å²) in [5.74, 6) is -0.263. The summed E-state index contributed by atoms with van der Waals surface area (Å²) in [4.78, 5) is 18.2. The van der Waals surface area contributed by atoms with Gasteiger partial charge in [0.05, 0.1) is 23.7 Å². The molecule has 0 unspecified atom stereocenters. The molecular formula is C17H20ClN3O2. The average molecular weight is 334 g/mol. The molecule has 122 valence electrons. The number of benzene rings is 1. The molecule has 0 spiro atoms. The number of ketones is 1. The van der Waals surface area contributed by atoms with E-state index in [4.69, 9.17) is 22.4 Å². The fraction of sp³-hybridized carbons (Fsp3) is 0.294. The highest BCUT2D eigenvalue weighted by Gasteiger charge is 2.21. The van der Waals surface area contributed by atoms with Crippen molar-refractivity contribution >= 4 is 34.5 Å². The van der Waals surface area contributed by atoms with Crippen LogP contribution in [0.5, 0.6) is 0 Å². The first kappa shape index (κ1) is 17.2. The van der Waals surface area contributed by atoms with Crippen LogP contribution in [0.4, 0.5) is 11.4 Å². The van der Waals surface area contributed by atoms with Crippen molar-refractivity contribution in [1.29, 1.82) is 0 Å². The standard InChI is InChI=1S/C17H20ClN3O2/c1-3-21(8-9-22)13-6-4-12(5-7-13)20-14-10-11(2)17(23)15(18)16(14)19/h4-7,10,22H,3,8-9,19H2,1-2H3. The smallest absolute Gasteiger partial charge is 0.202 e. The zero-order valence-corrected chi connectivity index (χ0v) is 14.0. The molecule has 0 bridgehead atoms. The van der Waals surface area contributed by atoms with Crippen molar-refractivity contribution in [1.82, 2.24) is 0 Å². The fourth-order valence-electron chi connectivity index (χ4n) is 2.32. The number of halogens is 1. The zero-order valence-electron chi connectivity index (χ0n) is 13.2. The van der Waals surface area contributed by atoms with Crippen molar-refractivity contribution < 1.29 is 9.90 Å². The summed E-state index contributed by atoms with van der Waals surface area (Å²) in [6.07, 6.45) is 1.64. The van der Waals surface area contributed by atoms with E-state index in [1.165, 1.54) is 0 Å². The van der Waals surface area contributed by atoms with Gasteiger partial charge in [0.2, 0.25) is 5.78 Å². The molecule has 6 heteroatoms. The van der Waals surface area contributed by atoms with Gasteiger partial charge in [0.25, 0.3) is 0 Å². The number of carbonyl (C=O) groups is 1. The maximum Gasteiger partial charge on any atom is 0.202 e. The second-order valence-corrected chi connectivity index (χ2v) is 5.58. The minimum absolute atomic E-state index is 0.0143. The second-order valence-electron chi connectivity index (χ2n) is 5.20. The predicted octanol–water partition coefficient (Wildman–Crippen LogP) is 2.52. The summed E-state index contributed by atoms with van der Waals surface area (Å²) in [6, 6.07) is 7.60. The van der Waals surface area contributed by atoms with Crippen LogP contribution in [0.15, 0.2) is 51.6 Å². The first-order valence-corrected chi connectivity index (χ1v) is 7.79. The van der Waals surface area contributed by atoms with Crippen LogP contribution in [0.25, 0.3) is 0 Å². The maximum absolute atomic E-state index is 11.7. The fourth-order valence-corrected chi connectivity index (χ4v) is 2.56. The second kappa shape index (κ2) is 7.44. The Bertz CT molecular complexity index is 690. The average Bonchev–Trinajstić information content (AvgIpc) is 2.56. The Kier molecular flexibility index (Phi) is 5.58. The molecule has 1 aliphatic rings. The van der Waals surface area contributed by atoms with Crippen LogP contribution in [-0.4, -0.2) is 36.3 Å². The van der Waals surface area contributed by atoms with Gasteiger partial charge in [0.15, 0.2) is 0 Å². The van der Waals surface area contributed by atoms with E-state index >= 15 is 0 Å². The highest BCUT2D eigenvalue weighted by molar-refractivity contribution is 6.49. The Labute approximate surface area is 140 Å². The van der Waals surface area contributed by atoms with Gasteiger partial charge < -0.3 is 15.7 Å². The number of nitrogens with zero attached hydrogens (tertiary/aromatic N) is 2. The van der Waals surface area contributed by atoms with Crippen molar-refractivity contribution in [3.63, 3.8) is 0 Å². The van der Waals surface area contributed by atoms with Crippen molar-refractivity contribution in [3.8, 4) is 0 Å². The number of likely N-dealkylation sites (N-methyl/N-ethyl adjacent to an activating group) is 1. The molecule has 0 radical (unpaired) electrons. The molecule has 0 saturated heterocycles. The van der Waals surface area contributed by atoms with Crippen LogP contribution >= 0.6 is 11.6 Å². The SMILES string of the molecule is CCN(CCO)c1ccc(N=C2C=C(C)C(=O)C(Cl)=C2N)cc1. The number of anilines is 1. The molecule has 1 aromatic carbocycles. The van der Waals surface area contributed by atoms with E-state index < -0.39 is 0 Å². The molecule has 0 aliphatic heterocycles. The Hall–Kier alpha value is -2.11. The van der Waals surface area contributed by atoms with Gasteiger partial charge in [-0.1, -0.05) is 11.6 Å². The van der Waals surface area contributed by atoms with Crippen LogP contribution in [-0.2, 0) is 4.79 Å². The van der Waals surface area contributed by atoms with E-state index in [0.717, 1.165) is 17.9 Å². The minimum atomic E-state index is -0.263. The quantitative estimate of drug-likeness (QED) is 0.811. The first-order chi connectivity index (χ1) is 11.0. The summed E-state index contributed by atoms with van der Waals surface area (Å²) in [5, 5.41) is 9.09. The number of Topliss-reactive ketones (excluding diaryl/α,β-unsaturated/α-hetero) is 1. The largest absolute Gasteiger partial charge is 0.396 e. The van der Waals surface area contributed by atoms with E-state index in [1.54, 1.807) is 13.0 Å². The van der Waals surface area contributed by atoms with Crippen LogP contribution in [0.1, 0.15) is 13.8 Å². The van der Waals surface area contributed by atoms with Crippen LogP contribution < -0.4 is 10.6 Å². The van der Waals surface area contributed by atoms with Gasteiger partial charge in [-0.15, -0.1) is 0 Å². The van der Waals surface area contributed by atoms with Crippen LogP contribution in [0.2, 0.25) is 0 Å². The highest BCUT2D eigenvalue weighted by Crippen LogP contribution is 2.24. The third kappa shape index (κ3) is 3.81. The Morgan fingerprint density at radius 2 is 1.96 bits per heavy atom. The minimum Gasteiger partial charge on any atom is -0.396 e. The number of carbonyl (C=O) groups excluding carboxylic acids is 1. The third-order valence-electron chi connectivity index (χ3n) is 3.64. The molecule has 23 heavy (non-hydrogen) atoms. The number of rotatable bonds is 5. The molecule has 0 heterocycles. The summed E-state index contributed by atoms with van der Waals surface area (Å²) in [6.45, 7) is 5.22. The van der Waals surface area contributed by atoms with Crippen molar-refractivity contribution in [3.05, 3.63) is 46.6 Å². The summed E-state index contributed by atoms with van der Waals surface area (Å²) < 4.78 is 0. The van der Waals surface area contributed by atoms with Crippen molar-refractivity contribution in [2.24, 2.45) is 10.7 Å². The number of hydrogen-bond donors (Lipinski definition) is 2. The maximum atomic E-state index is 11.7. The van der Waals surface area contributed by atoms with Crippen molar-refractivity contribution in [2.75, 3.05) is 24.6 Å². The third-order valence-corrected chi connectivity index (χ3v) is 4.01. The first-order valence-electron chi connectivity index (χ1n) is 7.41. The zero-order chi connectivity index (χ0) is 17.0. The molecule has 3 N–H and O–H groups in total. The number of aliphatic hydroxyl groups is 1. The lowest BCUT2D eigenvalue weighted by molar-refractivity contribution is -0.111. The summed E-state index contributed by atoms with van der Waals surface area (Å²) in [5.41, 5.74) is 8.80. The molecule has 2 rings (SSSR count). The predicted molar refractivity (Wildman–Crippen MR) is 94.3 cm³/mol. The number of allylic oxidation sites excluding steroid dienone is 3. The number of hydrogen-bond acceptors (Lipinski definition) is 5. The van der Waals surface area contributed by atoms with Gasteiger partial charge >= 0.3 is 0 Å². The van der Waals surface area contributed by atoms with Gasteiger partial charge in [0, 0.05) is 24.4 Å². The molecule has 0 saturated carbocycles.